The normalized spacial score (nSPS) is 41.4. The van der Waals surface area contributed by atoms with Gasteiger partial charge in [0.1, 0.15) is 27.2 Å². The summed E-state index contributed by atoms with van der Waals surface area (Å²) in [6.07, 6.45) is -11.7. The standard InChI is InChI=1S/C32H32O13S/c1-37-19-6-13(7-20(38-2)25(19)33)23-14-8-17-18(42-12-41-17)9-15(14)28(16-10-39-30(36)24(16)23)44-32-27(35)26(34)29-21(43-32)11-40-31(45-29)22-4-3-5-46-22/h3-9,16,21,23-24,26-29,31-35H,10-12H2,1-2H3/t16-,21+,23+,24-,26+,27+,28+,29+,31+,32-/m0/s1/i10D2,11D2,12D2,23D. The van der Waals surface area contributed by atoms with Crippen LogP contribution in [0.2, 0.25) is 0 Å². The van der Waals surface area contributed by atoms with Gasteiger partial charge in [-0.05, 0) is 52.4 Å². The molecule has 14 heteroatoms. The number of thiophene rings is 1. The van der Waals surface area contributed by atoms with Gasteiger partial charge in [0.15, 0.2) is 35.6 Å². The van der Waals surface area contributed by atoms with Gasteiger partial charge in [-0.1, -0.05) is 6.07 Å². The third-order valence-corrected chi connectivity index (χ3v) is 9.42. The molecule has 46 heavy (non-hydrogen) atoms. The van der Waals surface area contributed by atoms with Crippen LogP contribution in [0.25, 0.3) is 0 Å². The van der Waals surface area contributed by atoms with Gasteiger partial charge in [-0.15, -0.1) is 11.3 Å². The van der Waals surface area contributed by atoms with Crippen molar-refractivity contribution in [3.05, 3.63) is 63.3 Å². The van der Waals surface area contributed by atoms with Crippen molar-refractivity contribution in [2.24, 2.45) is 11.8 Å². The highest BCUT2D eigenvalue weighted by molar-refractivity contribution is 7.10. The fourth-order valence-corrected chi connectivity index (χ4v) is 7.03. The van der Waals surface area contributed by atoms with Crippen LogP contribution in [0.1, 0.15) is 49.5 Å². The molecule has 0 unspecified atom stereocenters. The first-order valence-corrected chi connectivity index (χ1v) is 15.1. The summed E-state index contributed by atoms with van der Waals surface area (Å²) in [6, 6.07) is 8.34. The molecule has 3 fully saturated rings. The summed E-state index contributed by atoms with van der Waals surface area (Å²) in [4.78, 5) is 14.3. The summed E-state index contributed by atoms with van der Waals surface area (Å²) in [5.74, 6) is -8.00. The summed E-state index contributed by atoms with van der Waals surface area (Å²) in [6.45, 7) is -8.12. The smallest absolute Gasteiger partial charge is 0.310 e. The SMILES string of the molecule is [2H]C1([2H])Oc2cc3c(cc2O1)[C@@]([2H])(c1cc(OC)c(O)c(OC)c1)[C@H]1C(=O)OC([2H])([2H])[C@@H]1[C@@H]3O[C@@H]1O[C@H]2[C@@H](O[C@H](c3cccs3)OC2([2H])[2H])[C@H](O)[C@H]1O. The third kappa shape index (κ3) is 4.70. The van der Waals surface area contributed by atoms with Crippen LogP contribution in [-0.2, 0) is 28.5 Å². The highest BCUT2D eigenvalue weighted by Crippen LogP contribution is 2.57. The van der Waals surface area contributed by atoms with Crippen LogP contribution in [0, 0.1) is 11.8 Å². The summed E-state index contributed by atoms with van der Waals surface area (Å²) in [7, 11) is 2.50. The summed E-state index contributed by atoms with van der Waals surface area (Å²) < 4.78 is 112. The fourth-order valence-electron chi connectivity index (χ4n) is 6.35. The molecule has 1 aliphatic carbocycles. The van der Waals surface area contributed by atoms with Crippen molar-refractivity contribution in [1.29, 1.82) is 0 Å². The number of hydrogen-bond acceptors (Lipinski definition) is 14. The first-order chi connectivity index (χ1) is 24.9. The van der Waals surface area contributed by atoms with Crippen LogP contribution in [0.5, 0.6) is 28.7 Å². The van der Waals surface area contributed by atoms with Crippen LogP contribution < -0.4 is 18.9 Å². The number of hydrogen-bond donors (Lipinski definition) is 3. The zero-order chi connectivity index (χ0) is 38.0. The lowest BCUT2D eigenvalue weighted by molar-refractivity contribution is -0.368. The number of fused-ring (bicyclic) bond motifs is 4. The summed E-state index contributed by atoms with van der Waals surface area (Å²) in [5, 5.41) is 35.1. The maximum Gasteiger partial charge on any atom is 0.310 e. The van der Waals surface area contributed by atoms with Gasteiger partial charge in [0.2, 0.25) is 12.5 Å². The van der Waals surface area contributed by atoms with E-state index < -0.39 is 92.4 Å². The zero-order valence-electron chi connectivity index (χ0n) is 31.1. The van der Waals surface area contributed by atoms with Crippen LogP contribution in [0.4, 0.5) is 0 Å². The monoisotopic (exact) mass is 663 g/mol. The predicted octanol–water partition coefficient (Wildman–Crippen LogP) is 2.75. The van der Waals surface area contributed by atoms with E-state index in [1.54, 1.807) is 17.5 Å². The number of aliphatic hydroxyl groups is 2. The van der Waals surface area contributed by atoms with E-state index >= 15 is 0 Å². The molecule has 13 nitrogen and oxygen atoms in total. The molecule has 2 aromatic carbocycles. The molecule has 4 aliphatic heterocycles. The van der Waals surface area contributed by atoms with Gasteiger partial charge in [-0.3, -0.25) is 4.79 Å². The van der Waals surface area contributed by atoms with Crippen molar-refractivity contribution in [2.75, 3.05) is 34.1 Å². The van der Waals surface area contributed by atoms with E-state index in [1.165, 1.54) is 49.8 Å². The number of methoxy groups -OCH3 is 2. The Hall–Kier alpha value is -3.63. The quantitative estimate of drug-likeness (QED) is 0.331. The Morgan fingerprint density at radius 3 is 2.41 bits per heavy atom. The minimum absolute atomic E-state index is 0.0348. The first kappa shape index (κ1) is 22.8. The maximum atomic E-state index is 13.8. The zero-order valence-corrected chi connectivity index (χ0v) is 24.9. The van der Waals surface area contributed by atoms with Crippen molar-refractivity contribution in [3.8, 4) is 28.7 Å². The molecule has 5 aliphatic rings. The first-order valence-electron chi connectivity index (χ1n) is 17.7. The number of phenolic OH excluding ortho intramolecular Hbond substituents is 1. The van der Waals surface area contributed by atoms with Crippen LogP contribution >= 0.6 is 11.3 Å². The number of aliphatic hydroxyl groups excluding tert-OH is 2. The Morgan fingerprint density at radius 2 is 1.72 bits per heavy atom. The lowest BCUT2D eigenvalue weighted by atomic mass is 9.66. The molecule has 5 heterocycles. The number of carbonyl (C=O) groups is 1. The molecule has 0 bridgehead atoms. The van der Waals surface area contributed by atoms with E-state index in [-0.39, 0.29) is 39.7 Å². The van der Waals surface area contributed by atoms with E-state index in [9.17, 15) is 21.5 Å². The Labute approximate surface area is 276 Å². The van der Waals surface area contributed by atoms with Gasteiger partial charge in [-0.25, -0.2) is 0 Å². The fraction of sp³-hybridized carbons (Fsp3) is 0.469. The molecular formula is C32H32O13S. The van der Waals surface area contributed by atoms with Crippen molar-refractivity contribution in [1.82, 2.24) is 0 Å². The minimum atomic E-state index is -2.85. The second-order valence-corrected chi connectivity index (χ2v) is 12.0. The van der Waals surface area contributed by atoms with Crippen LogP contribution in [0.3, 0.4) is 0 Å². The molecule has 3 N–H and O–H groups in total. The molecule has 3 aromatic rings. The average Bonchev–Trinajstić information content (AvgIpc) is 3.79. The highest BCUT2D eigenvalue weighted by atomic mass is 32.1. The second kappa shape index (κ2) is 11.6. The topological polar surface area (TPSA) is 161 Å². The maximum absolute atomic E-state index is 13.8. The van der Waals surface area contributed by atoms with Gasteiger partial charge >= 0.3 is 5.97 Å². The summed E-state index contributed by atoms with van der Waals surface area (Å²) in [5.41, 5.74) is -0.179. The number of carbonyl (C=O) groups excluding carboxylic acids is 1. The largest absolute Gasteiger partial charge is 0.502 e. The van der Waals surface area contributed by atoms with Crippen molar-refractivity contribution in [2.45, 2.75) is 49.0 Å². The lowest BCUT2D eigenvalue weighted by Gasteiger charge is -2.48. The Morgan fingerprint density at radius 1 is 0.978 bits per heavy atom. The lowest BCUT2D eigenvalue weighted by Crippen LogP contribution is -2.62. The predicted molar refractivity (Wildman–Crippen MR) is 156 cm³/mol. The molecule has 3 saturated heterocycles. The Kier molecular flexibility index (Phi) is 5.73. The van der Waals surface area contributed by atoms with Crippen LogP contribution in [0.15, 0.2) is 41.8 Å². The van der Waals surface area contributed by atoms with E-state index in [1.807, 2.05) is 0 Å². The second-order valence-electron chi connectivity index (χ2n) is 11.0. The van der Waals surface area contributed by atoms with E-state index in [0.29, 0.717) is 4.88 Å². The number of rotatable bonds is 6. The van der Waals surface area contributed by atoms with Crippen molar-refractivity contribution < 1.29 is 72.3 Å². The molecule has 10 atom stereocenters. The number of cyclic esters (lactones) is 1. The molecule has 0 spiro atoms. The Bertz CT molecular complexity index is 1930. The minimum Gasteiger partial charge on any atom is -0.502 e. The molecule has 244 valence electrons. The van der Waals surface area contributed by atoms with Crippen molar-refractivity contribution in [3.63, 3.8) is 0 Å². The van der Waals surface area contributed by atoms with Crippen molar-refractivity contribution >= 4 is 17.3 Å². The van der Waals surface area contributed by atoms with Gasteiger partial charge in [0.05, 0.1) is 49.7 Å². The number of ether oxygens (including phenoxy) is 9. The van der Waals surface area contributed by atoms with Crippen LogP contribution in [-0.4, -0.2) is 86.1 Å². The van der Waals surface area contributed by atoms with E-state index in [2.05, 4.69) is 0 Å². The van der Waals surface area contributed by atoms with Gasteiger partial charge in [-0.2, -0.15) is 0 Å². The molecule has 0 saturated carbocycles. The Balaban J connectivity index is 1.26. The molecule has 0 amide bonds. The molecule has 8 rings (SSSR count). The van der Waals surface area contributed by atoms with E-state index in [4.69, 9.17) is 50.9 Å². The number of benzene rings is 2. The molecule has 1 aromatic heterocycles. The number of esters is 1. The third-order valence-electron chi connectivity index (χ3n) is 8.53. The highest BCUT2D eigenvalue weighted by Gasteiger charge is 2.56. The van der Waals surface area contributed by atoms with E-state index in [0.717, 1.165) is 0 Å². The summed E-state index contributed by atoms with van der Waals surface area (Å²) >= 11 is 1.22. The van der Waals surface area contributed by atoms with Gasteiger partial charge in [0, 0.05) is 13.2 Å². The number of aromatic hydroxyl groups is 1. The number of phenols is 1. The molecule has 0 radical (unpaired) electrons. The van der Waals surface area contributed by atoms with Gasteiger partial charge in [0.25, 0.3) is 0 Å². The average molecular weight is 664 g/mol. The van der Waals surface area contributed by atoms with Gasteiger partial charge < -0.3 is 58.0 Å². The molecular weight excluding hydrogens is 624 g/mol.